The zero-order valence-electron chi connectivity index (χ0n) is 16.0. The molecule has 6 nitrogen and oxygen atoms in total. The van der Waals surface area contributed by atoms with Gasteiger partial charge in [-0.05, 0) is 48.2 Å². The van der Waals surface area contributed by atoms with Gasteiger partial charge >= 0.3 is 5.97 Å². The second-order valence-electron chi connectivity index (χ2n) is 7.13. The third-order valence-corrected chi connectivity index (χ3v) is 5.49. The maximum absolute atomic E-state index is 12.7. The van der Waals surface area contributed by atoms with Gasteiger partial charge in [-0.3, -0.25) is 9.59 Å². The van der Waals surface area contributed by atoms with Crippen LogP contribution in [0.15, 0.2) is 30.3 Å². The van der Waals surface area contributed by atoms with Crippen molar-refractivity contribution in [3.63, 3.8) is 0 Å². The zero-order chi connectivity index (χ0) is 19.7. The van der Waals surface area contributed by atoms with Gasteiger partial charge in [0.2, 0.25) is 5.75 Å². The van der Waals surface area contributed by atoms with Crippen LogP contribution in [0.2, 0.25) is 0 Å². The first-order valence-electron chi connectivity index (χ1n) is 9.50. The van der Waals surface area contributed by atoms with Gasteiger partial charge in [0.25, 0.3) is 5.91 Å². The number of carbonyl (C=O) groups is 2. The Morgan fingerprint density at radius 1 is 1.00 bits per heavy atom. The van der Waals surface area contributed by atoms with Gasteiger partial charge in [-0.25, -0.2) is 0 Å². The molecule has 6 heteroatoms. The molecule has 0 aromatic heterocycles. The second kappa shape index (κ2) is 7.54. The highest BCUT2D eigenvalue weighted by Crippen LogP contribution is 2.45. The maximum Gasteiger partial charge on any atom is 0.314 e. The van der Waals surface area contributed by atoms with Crippen molar-refractivity contribution in [1.82, 2.24) is 5.32 Å². The van der Waals surface area contributed by atoms with Crippen molar-refractivity contribution in [2.45, 2.75) is 32.2 Å². The summed E-state index contributed by atoms with van der Waals surface area (Å²) < 4.78 is 16.8. The van der Waals surface area contributed by atoms with Crippen LogP contribution in [0.3, 0.4) is 0 Å². The number of carbonyl (C=O) groups excluding carboxylic acids is 2. The number of ether oxygens (including phenoxy) is 3. The van der Waals surface area contributed by atoms with E-state index in [1.54, 1.807) is 19.2 Å². The number of rotatable bonds is 5. The van der Waals surface area contributed by atoms with Crippen LogP contribution >= 0.6 is 0 Å². The van der Waals surface area contributed by atoms with E-state index < -0.39 is 0 Å². The number of hydrogen-bond acceptors (Lipinski definition) is 5. The summed E-state index contributed by atoms with van der Waals surface area (Å²) in [4.78, 5) is 24.6. The van der Waals surface area contributed by atoms with E-state index in [1.807, 2.05) is 18.2 Å². The molecule has 2 aromatic carbocycles. The Labute approximate surface area is 163 Å². The quantitative estimate of drug-likeness (QED) is 0.631. The summed E-state index contributed by atoms with van der Waals surface area (Å²) in [6.45, 7) is 0.493. The molecule has 0 bridgehead atoms. The number of esters is 1. The van der Waals surface area contributed by atoms with Crippen LogP contribution in [0.25, 0.3) is 11.1 Å². The summed E-state index contributed by atoms with van der Waals surface area (Å²) in [5.41, 5.74) is 3.18. The highest BCUT2D eigenvalue weighted by Gasteiger charge is 2.28. The smallest absolute Gasteiger partial charge is 0.314 e. The first kappa shape index (κ1) is 18.3. The molecule has 0 saturated heterocycles. The van der Waals surface area contributed by atoms with Gasteiger partial charge < -0.3 is 19.5 Å². The lowest BCUT2D eigenvalue weighted by molar-refractivity contribution is -0.138. The maximum atomic E-state index is 12.7. The van der Waals surface area contributed by atoms with Gasteiger partial charge in [0.15, 0.2) is 11.5 Å². The van der Waals surface area contributed by atoms with Gasteiger partial charge in [0.1, 0.15) is 0 Å². The molecule has 1 N–H and O–H groups in total. The Kier molecular flexibility index (Phi) is 4.94. The largest absolute Gasteiger partial charge is 0.493 e. The molecule has 0 spiro atoms. The molecule has 2 aromatic rings. The summed E-state index contributed by atoms with van der Waals surface area (Å²) in [7, 11) is 3.08. The Balaban J connectivity index is 1.78. The topological polar surface area (TPSA) is 73.9 Å². The van der Waals surface area contributed by atoms with Gasteiger partial charge in [0, 0.05) is 17.7 Å². The van der Waals surface area contributed by atoms with Crippen LogP contribution in [0.4, 0.5) is 0 Å². The molecule has 2 aliphatic rings. The predicted molar refractivity (Wildman–Crippen MR) is 104 cm³/mol. The molecule has 1 aliphatic heterocycles. The van der Waals surface area contributed by atoms with Crippen LogP contribution in [0, 0.1) is 5.92 Å². The van der Waals surface area contributed by atoms with Crippen molar-refractivity contribution >= 4 is 11.9 Å². The molecule has 28 heavy (non-hydrogen) atoms. The highest BCUT2D eigenvalue weighted by atomic mass is 16.6. The van der Waals surface area contributed by atoms with Crippen molar-refractivity contribution in [3.8, 4) is 28.4 Å². The average molecular weight is 381 g/mol. The molecule has 0 unspecified atom stereocenters. The predicted octanol–water partition coefficient (Wildman–Crippen LogP) is 3.71. The molecule has 146 valence electrons. The molecule has 1 heterocycles. The summed E-state index contributed by atoms with van der Waals surface area (Å²) in [6, 6.07) is 9.24. The Hall–Kier alpha value is -3.02. The minimum absolute atomic E-state index is 0.0678. The van der Waals surface area contributed by atoms with Crippen molar-refractivity contribution in [3.05, 3.63) is 41.5 Å². The fraction of sp³-hybridized carbons (Fsp3) is 0.364. The number of hydrogen-bond donors (Lipinski definition) is 1. The summed E-state index contributed by atoms with van der Waals surface area (Å²) >= 11 is 0. The number of fused-ring (bicyclic) bond motifs is 1. The molecule has 1 saturated carbocycles. The van der Waals surface area contributed by atoms with Crippen LogP contribution < -0.4 is 19.5 Å². The van der Waals surface area contributed by atoms with E-state index in [9.17, 15) is 9.59 Å². The van der Waals surface area contributed by atoms with Gasteiger partial charge in [-0.15, -0.1) is 0 Å². The van der Waals surface area contributed by atoms with Crippen molar-refractivity contribution < 1.29 is 23.8 Å². The third-order valence-electron chi connectivity index (χ3n) is 5.49. The number of amides is 1. The molecule has 0 atom stereocenters. The fourth-order valence-corrected chi connectivity index (χ4v) is 3.97. The van der Waals surface area contributed by atoms with Crippen LogP contribution in [0.5, 0.6) is 17.2 Å². The number of methoxy groups -OCH3 is 2. The van der Waals surface area contributed by atoms with E-state index in [2.05, 4.69) is 5.32 Å². The summed E-state index contributed by atoms with van der Waals surface area (Å²) in [5, 5.41) is 2.82. The highest BCUT2D eigenvalue weighted by molar-refractivity contribution is 5.99. The summed E-state index contributed by atoms with van der Waals surface area (Å²) in [6.07, 6.45) is 3.81. The summed E-state index contributed by atoms with van der Waals surface area (Å²) in [5.74, 6) is 0.867. The van der Waals surface area contributed by atoms with Crippen molar-refractivity contribution in [2.24, 2.45) is 5.92 Å². The molecule has 0 radical (unpaired) electrons. The fourth-order valence-electron chi connectivity index (χ4n) is 3.97. The monoisotopic (exact) mass is 381 g/mol. The lowest BCUT2D eigenvalue weighted by Crippen LogP contribution is -2.18. The third kappa shape index (κ3) is 3.19. The van der Waals surface area contributed by atoms with E-state index in [1.165, 1.54) is 7.11 Å². The molecular formula is C22H23NO5. The zero-order valence-corrected chi connectivity index (χ0v) is 16.0. The minimum Gasteiger partial charge on any atom is -0.493 e. The normalized spacial score (nSPS) is 15.9. The van der Waals surface area contributed by atoms with Gasteiger partial charge in [-0.1, -0.05) is 18.9 Å². The SMILES string of the molecule is COc1ccc(-c2ccc3c(c2)CNC3=O)c(OC(=O)C2CCCC2)c1OC. The first-order chi connectivity index (χ1) is 13.6. The van der Waals surface area contributed by atoms with E-state index >= 15 is 0 Å². The molecule has 1 aliphatic carbocycles. The Morgan fingerprint density at radius 2 is 1.75 bits per heavy atom. The van der Waals surface area contributed by atoms with E-state index in [4.69, 9.17) is 14.2 Å². The second-order valence-corrected chi connectivity index (χ2v) is 7.13. The van der Waals surface area contributed by atoms with Crippen LogP contribution in [-0.4, -0.2) is 26.1 Å². The molecular weight excluding hydrogens is 358 g/mol. The standard InChI is InChI=1S/C22H23NO5/c1-26-18-10-9-16(14-7-8-17-15(11-14)12-23-21(17)24)19(20(18)27-2)28-22(25)13-5-3-4-6-13/h7-11,13H,3-6,12H2,1-2H3,(H,23,24). The lowest BCUT2D eigenvalue weighted by Gasteiger charge is -2.18. The average Bonchev–Trinajstić information content (AvgIpc) is 3.37. The van der Waals surface area contributed by atoms with E-state index in [0.29, 0.717) is 29.4 Å². The molecule has 4 rings (SSSR count). The van der Waals surface area contributed by atoms with Crippen LogP contribution in [0.1, 0.15) is 41.6 Å². The Bertz CT molecular complexity index is 931. The van der Waals surface area contributed by atoms with Crippen molar-refractivity contribution in [2.75, 3.05) is 14.2 Å². The van der Waals surface area contributed by atoms with Gasteiger partial charge in [0.05, 0.1) is 20.1 Å². The molecule has 1 fully saturated rings. The number of benzene rings is 2. The van der Waals surface area contributed by atoms with Crippen molar-refractivity contribution in [1.29, 1.82) is 0 Å². The van der Waals surface area contributed by atoms with E-state index in [0.717, 1.165) is 42.4 Å². The lowest BCUT2D eigenvalue weighted by atomic mass is 9.99. The molecule has 1 amide bonds. The Morgan fingerprint density at radius 3 is 2.46 bits per heavy atom. The minimum atomic E-state index is -0.233. The van der Waals surface area contributed by atoms with E-state index in [-0.39, 0.29) is 17.8 Å². The van der Waals surface area contributed by atoms with Crippen LogP contribution in [-0.2, 0) is 11.3 Å². The number of nitrogens with one attached hydrogen (secondary N) is 1. The van der Waals surface area contributed by atoms with Gasteiger partial charge in [-0.2, -0.15) is 0 Å². The first-order valence-corrected chi connectivity index (χ1v) is 9.50.